The van der Waals surface area contributed by atoms with Crippen LogP contribution in [0.5, 0.6) is 0 Å². The summed E-state index contributed by atoms with van der Waals surface area (Å²) in [6, 6.07) is 12.5. The molecule has 2 aromatic carbocycles. The number of anilines is 1. The van der Waals surface area contributed by atoms with Crippen molar-refractivity contribution in [2.24, 2.45) is 0 Å². The topological polar surface area (TPSA) is 32.3 Å². The summed E-state index contributed by atoms with van der Waals surface area (Å²) in [6.45, 7) is 1.03. The first-order chi connectivity index (χ1) is 10.2. The van der Waals surface area contributed by atoms with E-state index in [0.29, 0.717) is 12.1 Å². The van der Waals surface area contributed by atoms with Gasteiger partial charge in [-0.15, -0.1) is 0 Å². The van der Waals surface area contributed by atoms with Crippen LogP contribution in [0, 0.1) is 5.82 Å². The quantitative estimate of drug-likeness (QED) is 0.924. The first kappa shape index (κ1) is 14.0. The van der Waals surface area contributed by atoms with Crippen LogP contribution in [-0.2, 0) is 17.9 Å². The minimum atomic E-state index is -0.471. The molecule has 1 aliphatic rings. The average Bonchev–Trinajstić information content (AvgIpc) is 2.64. The molecule has 0 saturated heterocycles. The van der Waals surface area contributed by atoms with E-state index in [9.17, 15) is 9.18 Å². The van der Waals surface area contributed by atoms with E-state index in [4.69, 9.17) is 11.6 Å². The molecule has 0 aliphatic carbocycles. The molecule has 0 fully saturated rings. The molecule has 1 amide bonds. The normalized spacial score (nSPS) is 14.8. The lowest BCUT2D eigenvalue weighted by atomic mass is 10.1. The van der Waals surface area contributed by atoms with Gasteiger partial charge in [-0.2, -0.15) is 0 Å². The zero-order valence-electron chi connectivity index (χ0n) is 11.3. The van der Waals surface area contributed by atoms with Crippen LogP contribution >= 0.6 is 11.6 Å². The lowest BCUT2D eigenvalue weighted by Gasteiger charge is -2.23. The number of benzene rings is 2. The predicted octanol–water partition coefficient (Wildman–Crippen LogP) is 3.12. The number of fused-ring (bicyclic) bond motifs is 1. The largest absolute Gasteiger partial charge is 0.306 e. The number of halogens is 2. The number of carbonyl (C=O) groups excluding carboxylic acids is 1. The predicted molar refractivity (Wildman–Crippen MR) is 80.7 cm³/mol. The molecule has 1 aliphatic heterocycles. The highest BCUT2D eigenvalue weighted by atomic mass is 35.5. The van der Waals surface area contributed by atoms with Crippen molar-refractivity contribution in [2.75, 3.05) is 11.4 Å². The second kappa shape index (κ2) is 5.84. The molecule has 1 heterocycles. The molecular weight excluding hydrogens is 291 g/mol. The lowest BCUT2D eigenvalue weighted by Crippen LogP contribution is -2.35. The van der Waals surface area contributed by atoms with Crippen LogP contribution in [0.1, 0.15) is 11.1 Å². The molecule has 3 nitrogen and oxygen atoms in total. The van der Waals surface area contributed by atoms with Crippen molar-refractivity contribution in [3.63, 3.8) is 0 Å². The summed E-state index contributed by atoms with van der Waals surface area (Å²) in [7, 11) is 0. The van der Waals surface area contributed by atoms with Gasteiger partial charge in [0.25, 0.3) is 0 Å². The Balaban J connectivity index is 2.00. The fraction of sp³-hybridized carbons (Fsp3) is 0.188. The number of para-hydroxylation sites is 1. The molecule has 1 N–H and O–H groups in total. The summed E-state index contributed by atoms with van der Waals surface area (Å²) in [5, 5.41) is 3.15. The minimum absolute atomic E-state index is 0.0705. The van der Waals surface area contributed by atoms with E-state index in [-0.39, 0.29) is 24.0 Å². The Morgan fingerprint density at radius 1 is 1.14 bits per heavy atom. The second-order valence-corrected chi connectivity index (χ2v) is 5.33. The SMILES string of the molecule is O=C1CNCc2ccccc2N1Cc1cccc(Cl)c1F. The number of carbonyl (C=O) groups is 1. The second-order valence-electron chi connectivity index (χ2n) is 4.93. The summed E-state index contributed by atoms with van der Waals surface area (Å²) < 4.78 is 14.1. The highest BCUT2D eigenvalue weighted by Gasteiger charge is 2.23. The van der Waals surface area contributed by atoms with Crippen LogP contribution in [0.3, 0.4) is 0 Å². The van der Waals surface area contributed by atoms with E-state index in [1.807, 2.05) is 24.3 Å². The van der Waals surface area contributed by atoms with Gasteiger partial charge in [0.1, 0.15) is 5.82 Å². The zero-order chi connectivity index (χ0) is 14.8. The van der Waals surface area contributed by atoms with Crippen LogP contribution in [0.15, 0.2) is 42.5 Å². The van der Waals surface area contributed by atoms with Crippen molar-refractivity contribution in [2.45, 2.75) is 13.1 Å². The van der Waals surface area contributed by atoms with E-state index in [0.717, 1.165) is 11.3 Å². The van der Waals surface area contributed by atoms with Crippen LogP contribution in [0.25, 0.3) is 0 Å². The number of amides is 1. The smallest absolute Gasteiger partial charge is 0.241 e. The average molecular weight is 305 g/mol. The molecule has 0 unspecified atom stereocenters. The Bertz CT molecular complexity index is 690. The molecule has 3 rings (SSSR count). The van der Waals surface area contributed by atoms with Gasteiger partial charge in [0.15, 0.2) is 0 Å². The molecule has 21 heavy (non-hydrogen) atoms. The van der Waals surface area contributed by atoms with Gasteiger partial charge in [-0.3, -0.25) is 4.79 Å². The molecule has 0 bridgehead atoms. The first-order valence-corrected chi connectivity index (χ1v) is 7.06. The van der Waals surface area contributed by atoms with Crippen LogP contribution in [0.4, 0.5) is 10.1 Å². The third kappa shape index (κ3) is 2.77. The third-order valence-electron chi connectivity index (χ3n) is 3.54. The Hall–Kier alpha value is -1.91. The van der Waals surface area contributed by atoms with Gasteiger partial charge >= 0.3 is 0 Å². The van der Waals surface area contributed by atoms with E-state index < -0.39 is 5.82 Å². The zero-order valence-corrected chi connectivity index (χ0v) is 12.0. The molecule has 0 aromatic heterocycles. The molecular formula is C16H14ClFN2O. The molecule has 0 atom stereocenters. The summed E-state index contributed by atoms with van der Waals surface area (Å²) in [4.78, 5) is 13.9. The van der Waals surface area contributed by atoms with Crippen molar-refractivity contribution in [1.82, 2.24) is 5.32 Å². The molecule has 0 saturated carbocycles. The maximum absolute atomic E-state index is 14.1. The Labute approximate surface area is 127 Å². The summed E-state index contributed by atoms with van der Waals surface area (Å²) in [6.07, 6.45) is 0. The molecule has 2 aromatic rings. The standard InChI is InChI=1S/C16H14ClFN2O/c17-13-6-3-5-12(16(13)18)10-20-14-7-2-1-4-11(14)8-19-9-15(20)21/h1-7,19H,8-10H2. The lowest BCUT2D eigenvalue weighted by molar-refractivity contribution is -0.117. The van der Waals surface area contributed by atoms with Crippen molar-refractivity contribution in [3.8, 4) is 0 Å². The van der Waals surface area contributed by atoms with Crippen molar-refractivity contribution in [3.05, 3.63) is 64.4 Å². The van der Waals surface area contributed by atoms with Gasteiger partial charge in [-0.05, 0) is 17.7 Å². The highest BCUT2D eigenvalue weighted by molar-refractivity contribution is 6.30. The van der Waals surface area contributed by atoms with Crippen molar-refractivity contribution < 1.29 is 9.18 Å². The van der Waals surface area contributed by atoms with Crippen LogP contribution in [-0.4, -0.2) is 12.5 Å². The van der Waals surface area contributed by atoms with Gasteiger partial charge in [-0.25, -0.2) is 4.39 Å². The van der Waals surface area contributed by atoms with Crippen LogP contribution in [0.2, 0.25) is 5.02 Å². The number of nitrogens with one attached hydrogen (secondary N) is 1. The number of hydrogen-bond donors (Lipinski definition) is 1. The minimum Gasteiger partial charge on any atom is -0.306 e. The maximum atomic E-state index is 14.1. The van der Waals surface area contributed by atoms with Gasteiger partial charge in [-0.1, -0.05) is 41.9 Å². The van der Waals surface area contributed by atoms with E-state index in [1.165, 1.54) is 6.07 Å². The molecule has 0 spiro atoms. The third-order valence-corrected chi connectivity index (χ3v) is 3.83. The van der Waals surface area contributed by atoms with Gasteiger partial charge in [0, 0.05) is 17.8 Å². The van der Waals surface area contributed by atoms with Gasteiger partial charge < -0.3 is 10.2 Å². The number of rotatable bonds is 2. The van der Waals surface area contributed by atoms with E-state index in [2.05, 4.69) is 5.32 Å². The highest BCUT2D eigenvalue weighted by Crippen LogP contribution is 2.26. The molecule has 5 heteroatoms. The molecule has 0 radical (unpaired) electrons. The first-order valence-electron chi connectivity index (χ1n) is 6.68. The van der Waals surface area contributed by atoms with E-state index >= 15 is 0 Å². The Morgan fingerprint density at radius 2 is 1.95 bits per heavy atom. The van der Waals surface area contributed by atoms with Crippen molar-refractivity contribution in [1.29, 1.82) is 0 Å². The van der Waals surface area contributed by atoms with Gasteiger partial charge in [0.2, 0.25) is 5.91 Å². The Morgan fingerprint density at radius 3 is 2.81 bits per heavy atom. The molecule has 108 valence electrons. The number of hydrogen-bond acceptors (Lipinski definition) is 2. The van der Waals surface area contributed by atoms with Gasteiger partial charge in [0.05, 0.1) is 18.1 Å². The Kier molecular flexibility index (Phi) is 3.90. The van der Waals surface area contributed by atoms with Crippen molar-refractivity contribution >= 4 is 23.2 Å². The van der Waals surface area contributed by atoms with Crippen LogP contribution < -0.4 is 10.2 Å². The number of nitrogens with zero attached hydrogens (tertiary/aromatic N) is 1. The fourth-order valence-corrected chi connectivity index (χ4v) is 2.67. The van der Waals surface area contributed by atoms with E-state index in [1.54, 1.807) is 17.0 Å². The summed E-state index contributed by atoms with van der Waals surface area (Å²) in [5.74, 6) is -0.555. The maximum Gasteiger partial charge on any atom is 0.241 e. The monoisotopic (exact) mass is 304 g/mol. The fourth-order valence-electron chi connectivity index (χ4n) is 2.47. The summed E-state index contributed by atoms with van der Waals surface area (Å²) in [5.41, 5.74) is 2.24. The summed E-state index contributed by atoms with van der Waals surface area (Å²) >= 11 is 5.81.